The molecule has 5 heteroatoms. The van der Waals surface area contributed by atoms with Crippen molar-refractivity contribution in [2.45, 2.75) is 26.3 Å². The first-order chi connectivity index (χ1) is 13.8. The molecule has 5 nitrogen and oxygen atoms in total. The summed E-state index contributed by atoms with van der Waals surface area (Å²) in [6.07, 6.45) is 4.18. The van der Waals surface area contributed by atoms with Gasteiger partial charge in [-0.1, -0.05) is 53.7 Å². The zero-order chi connectivity index (χ0) is 19.2. The molecule has 0 radical (unpaired) electrons. The van der Waals surface area contributed by atoms with E-state index in [4.69, 9.17) is 0 Å². The molecule has 0 N–H and O–H groups in total. The van der Waals surface area contributed by atoms with Gasteiger partial charge in [-0.3, -0.25) is 4.90 Å². The van der Waals surface area contributed by atoms with Crippen molar-refractivity contribution in [3.63, 3.8) is 0 Å². The molecule has 146 valence electrons. The highest BCUT2D eigenvalue weighted by molar-refractivity contribution is 5.57. The van der Waals surface area contributed by atoms with Crippen LogP contribution in [0.5, 0.6) is 0 Å². The number of aromatic nitrogens is 3. The summed E-state index contributed by atoms with van der Waals surface area (Å²) in [6, 6.07) is 19.1. The number of para-hydroxylation sites is 1. The van der Waals surface area contributed by atoms with Crippen molar-refractivity contribution >= 4 is 5.69 Å². The van der Waals surface area contributed by atoms with Gasteiger partial charge in [-0.05, 0) is 37.9 Å². The average molecular weight is 376 g/mol. The molecule has 2 aromatic carbocycles. The molecule has 1 aliphatic heterocycles. The molecule has 2 heterocycles. The van der Waals surface area contributed by atoms with E-state index in [-0.39, 0.29) is 0 Å². The van der Waals surface area contributed by atoms with Gasteiger partial charge in [0.1, 0.15) is 0 Å². The van der Waals surface area contributed by atoms with E-state index in [1.54, 1.807) is 0 Å². The Balaban J connectivity index is 1.21. The van der Waals surface area contributed by atoms with Gasteiger partial charge in [0.15, 0.2) is 0 Å². The number of hydrogen-bond donors (Lipinski definition) is 0. The van der Waals surface area contributed by atoms with Gasteiger partial charge in [-0.15, -0.1) is 5.10 Å². The number of unbranched alkanes of at least 4 members (excludes halogenated alkanes) is 1. The largest absolute Gasteiger partial charge is 0.369 e. The quantitative estimate of drug-likeness (QED) is 0.588. The third-order valence-electron chi connectivity index (χ3n) is 5.61. The Labute approximate surface area is 167 Å². The molecule has 0 aliphatic carbocycles. The number of anilines is 1. The Hall–Kier alpha value is -2.66. The van der Waals surface area contributed by atoms with E-state index in [0.29, 0.717) is 0 Å². The molecule has 0 spiro atoms. The van der Waals surface area contributed by atoms with Crippen molar-refractivity contribution in [3.05, 3.63) is 66.4 Å². The smallest absolute Gasteiger partial charge is 0.0885 e. The summed E-state index contributed by atoms with van der Waals surface area (Å²) < 4.78 is 2.03. The lowest BCUT2D eigenvalue weighted by atomic mass is 10.1. The monoisotopic (exact) mass is 375 g/mol. The fourth-order valence-corrected chi connectivity index (χ4v) is 3.98. The average Bonchev–Trinajstić information content (AvgIpc) is 3.21. The van der Waals surface area contributed by atoms with E-state index >= 15 is 0 Å². The zero-order valence-electron chi connectivity index (χ0n) is 16.7. The summed E-state index contributed by atoms with van der Waals surface area (Å²) in [4.78, 5) is 5.11. The maximum Gasteiger partial charge on any atom is 0.0885 e. The molecule has 0 bridgehead atoms. The third kappa shape index (κ3) is 4.42. The molecule has 0 saturated carbocycles. The fraction of sp³-hybridized carbons (Fsp3) is 0.391. The van der Waals surface area contributed by atoms with Gasteiger partial charge in [0, 0.05) is 44.0 Å². The highest BCUT2D eigenvalue weighted by atomic mass is 15.4. The summed E-state index contributed by atoms with van der Waals surface area (Å²) in [6.45, 7) is 8.82. The molecule has 0 atom stereocenters. The molecule has 1 saturated heterocycles. The van der Waals surface area contributed by atoms with E-state index in [9.17, 15) is 0 Å². The Morgan fingerprint density at radius 1 is 0.821 bits per heavy atom. The second-order valence-corrected chi connectivity index (χ2v) is 7.53. The summed E-state index contributed by atoms with van der Waals surface area (Å²) in [5, 5.41) is 8.38. The molecule has 4 rings (SSSR count). The molecule has 28 heavy (non-hydrogen) atoms. The maximum atomic E-state index is 4.28. The van der Waals surface area contributed by atoms with Crippen LogP contribution in [0.25, 0.3) is 11.3 Å². The van der Waals surface area contributed by atoms with Crippen LogP contribution in [0.15, 0.2) is 60.8 Å². The SMILES string of the molecule is Cc1ccccc1N1CCN(CCCCn2nncc2-c2ccccc2)CC1. The summed E-state index contributed by atoms with van der Waals surface area (Å²) in [5.74, 6) is 0. The zero-order valence-corrected chi connectivity index (χ0v) is 16.7. The van der Waals surface area contributed by atoms with Crippen LogP contribution in [0.1, 0.15) is 18.4 Å². The number of nitrogens with zero attached hydrogens (tertiary/aromatic N) is 5. The van der Waals surface area contributed by atoms with E-state index < -0.39 is 0 Å². The molecule has 0 unspecified atom stereocenters. The van der Waals surface area contributed by atoms with Crippen molar-refractivity contribution in [1.82, 2.24) is 19.9 Å². The van der Waals surface area contributed by atoms with Gasteiger partial charge in [-0.25, -0.2) is 4.68 Å². The maximum absolute atomic E-state index is 4.28. The lowest BCUT2D eigenvalue weighted by molar-refractivity contribution is 0.250. The summed E-state index contributed by atoms with van der Waals surface area (Å²) in [7, 11) is 0. The normalized spacial score (nSPS) is 15.1. The van der Waals surface area contributed by atoms with E-state index in [1.807, 2.05) is 16.9 Å². The van der Waals surface area contributed by atoms with Crippen LogP contribution < -0.4 is 4.90 Å². The van der Waals surface area contributed by atoms with Crippen LogP contribution in [0.2, 0.25) is 0 Å². The van der Waals surface area contributed by atoms with Gasteiger partial charge in [0.25, 0.3) is 0 Å². The Kier molecular flexibility index (Phi) is 6.02. The predicted octanol–water partition coefficient (Wildman–Crippen LogP) is 3.86. The van der Waals surface area contributed by atoms with Crippen LogP contribution in [0.3, 0.4) is 0 Å². The van der Waals surface area contributed by atoms with Crippen LogP contribution in [0.4, 0.5) is 5.69 Å². The van der Waals surface area contributed by atoms with Gasteiger partial charge in [-0.2, -0.15) is 0 Å². The van der Waals surface area contributed by atoms with Gasteiger partial charge in [0.05, 0.1) is 11.9 Å². The first-order valence-corrected chi connectivity index (χ1v) is 10.3. The second-order valence-electron chi connectivity index (χ2n) is 7.53. The number of hydrogen-bond acceptors (Lipinski definition) is 4. The number of aryl methyl sites for hydroxylation is 2. The minimum absolute atomic E-state index is 0.924. The van der Waals surface area contributed by atoms with Crippen molar-refractivity contribution in [1.29, 1.82) is 0 Å². The highest BCUT2D eigenvalue weighted by Gasteiger charge is 2.17. The van der Waals surface area contributed by atoms with Crippen LogP contribution in [0, 0.1) is 6.92 Å². The Bertz CT molecular complexity index is 865. The van der Waals surface area contributed by atoms with Crippen molar-refractivity contribution in [2.75, 3.05) is 37.6 Å². The van der Waals surface area contributed by atoms with E-state index in [0.717, 1.165) is 51.4 Å². The fourth-order valence-electron chi connectivity index (χ4n) is 3.98. The Morgan fingerprint density at radius 3 is 2.32 bits per heavy atom. The topological polar surface area (TPSA) is 37.2 Å². The Morgan fingerprint density at radius 2 is 1.54 bits per heavy atom. The minimum atomic E-state index is 0.924. The standard InChI is InChI=1S/C23H29N5/c1-20-9-5-6-12-22(20)27-17-15-26(16-18-27)13-7-8-14-28-23(19-24-25-28)21-10-3-2-4-11-21/h2-6,9-12,19H,7-8,13-18H2,1H3. The predicted molar refractivity (Wildman–Crippen MR) is 115 cm³/mol. The number of piperazine rings is 1. The third-order valence-corrected chi connectivity index (χ3v) is 5.61. The molecular formula is C23H29N5. The first-order valence-electron chi connectivity index (χ1n) is 10.3. The molecule has 0 amide bonds. The number of benzene rings is 2. The molecule has 1 aliphatic rings. The molecule has 1 fully saturated rings. The van der Waals surface area contributed by atoms with Gasteiger partial charge in [0.2, 0.25) is 0 Å². The van der Waals surface area contributed by atoms with Gasteiger partial charge < -0.3 is 4.90 Å². The molecule has 3 aromatic rings. The minimum Gasteiger partial charge on any atom is -0.369 e. The van der Waals surface area contributed by atoms with Gasteiger partial charge >= 0.3 is 0 Å². The first kappa shape index (κ1) is 18.7. The lowest BCUT2D eigenvalue weighted by Crippen LogP contribution is -2.46. The highest BCUT2D eigenvalue weighted by Crippen LogP contribution is 2.21. The van der Waals surface area contributed by atoms with E-state index in [1.165, 1.54) is 23.2 Å². The van der Waals surface area contributed by atoms with Crippen LogP contribution in [-0.2, 0) is 6.54 Å². The van der Waals surface area contributed by atoms with E-state index in [2.05, 4.69) is 75.6 Å². The molecule has 1 aromatic heterocycles. The van der Waals surface area contributed by atoms with Crippen LogP contribution >= 0.6 is 0 Å². The number of rotatable bonds is 7. The van der Waals surface area contributed by atoms with Crippen molar-refractivity contribution < 1.29 is 0 Å². The van der Waals surface area contributed by atoms with Crippen LogP contribution in [-0.4, -0.2) is 52.6 Å². The second kappa shape index (κ2) is 9.02. The molecular weight excluding hydrogens is 346 g/mol. The summed E-state index contributed by atoms with van der Waals surface area (Å²) in [5.41, 5.74) is 5.05. The van der Waals surface area contributed by atoms with Crippen molar-refractivity contribution in [3.8, 4) is 11.3 Å². The van der Waals surface area contributed by atoms with Crippen molar-refractivity contribution in [2.24, 2.45) is 0 Å². The lowest BCUT2D eigenvalue weighted by Gasteiger charge is -2.36. The summed E-state index contributed by atoms with van der Waals surface area (Å²) >= 11 is 0.